The fraction of sp³-hybridized carbons (Fsp3) is 0.138. The first kappa shape index (κ1) is 20.7. The number of fused-ring (bicyclic) bond motifs is 1. The summed E-state index contributed by atoms with van der Waals surface area (Å²) < 4.78 is 11.6. The lowest BCUT2D eigenvalue weighted by molar-refractivity contribution is -0.157. The fourth-order valence-electron chi connectivity index (χ4n) is 5.32. The molecule has 4 aromatic rings. The molecule has 0 fully saturated rings. The van der Waals surface area contributed by atoms with E-state index in [-0.39, 0.29) is 6.42 Å². The summed E-state index contributed by atoms with van der Waals surface area (Å²) in [5.74, 6) is 0.0248. The Morgan fingerprint density at radius 1 is 0.676 bits per heavy atom. The Balaban J connectivity index is 1.46. The predicted molar refractivity (Wildman–Crippen MR) is 126 cm³/mol. The molecule has 2 N–H and O–H groups in total. The van der Waals surface area contributed by atoms with Crippen molar-refractivity contribution in [2.45, 2.75) is 17.6 Å². The van der Waals surface area contributed by atoms with Gasteiger partial charge in [-0.3, -0.25) is 4.79 Å². The molecule has 0 aromatic heterocycles. The third-order valence-corrected chi connectivity index (χ3v) is 6.86. The van der Waals surface area contributed by atoms with Crippen LogP contribution in [0, 0.1) is 5.92 Å². The van der Waals surface area contributed by atoms with Crippen LogP contribution in [0.3, 0.4) is 0 Å². The number of rotatable bonds is 4. The quantitative estimate of drug-likeness (QED) is 0.342. The molecule has 0 saturated heterocycles. The summed E-state index contributed by atoms with van der Waals surface area (Å²) in [6, 6.07) is 30.5. The highest BCUT2D eigenvalue weighted by atomic mass is 16.5. The molecule has 0 amide bonds. The zero-order valence-corrected chi connectivity index (χ0v) is 18.2. The fourth-order valence-corrected chi connectivity index (χ4v) is 5.32. The monoisotopic (exact) mass is 450 g/mol. The molecule has 3 aliphatic carbocycles. The van der Waals surface area contributed by atoms with Gasteiger partial charge in [0.25, 0.3) is 0 Å². The van der Waals surface area contributed by atoms with Gasteiger partial charge in [0.1, 0.15) is 28.5 Å². The number of ether oxygens (including phenoxy) is 2. The Labute approximate surface area is 196 Å². The number of para-hydroxylation sites is 2. The Hall–Kier alpha value is -3.93. The molecule has 3 unspecified atom stereocenters. The van der Waals surface area contributed by atoms with E-state index in [0.29, 0.717) is 39.5 Å². The number of aliphatic hydroxyl groups is 2. The Morgan fingerprint density at radius 2 is 1.26 bits per heavy atom. The number of benzene rings is 4. The summed E-state index contributed by atoms with van der Waals surface area (Å²) in [7, 11) is 0. The van der Waals surface area contributed by atoms with Crippen molar-refractivity contribution >= 4 is 5.97 Å². The van der Waals surface area contributed by atoms with E-state index in [4.69, 9.17) is 9.47 Å². The number of hydrogen-bond donors (Lipinski definition) is 2. The molecule has 5 heteroatoms. The van der Waals surface area contributed by atoms with Crippen molar-refractivity contribution in [2.24, 2.45) is 5.92 Å². The Bertz CT molecular complexity index is 1380. The zero-order chi connectivity index (χ0) is 23.3. The number of hydrogen-bond acceptors (Lipinski definition) is 5. The third kappa shape index (κ3) is 2.98. The molecule has 3 atom stereocenters. The predicted octanol–water partition coefficient (Wildman–Crippen LogP) is 4.89. The van der Waals surface area contributed by atoms with E-state index in [2.05, 4.69) is 0 Å². The standard InChI is InChI=1S/C29H22O5/c30-27(34-20-11-5-2-6-12-20)26-18-28(31)22-13-7-8-14-23(22)29(26,32)24-16-15-21(17-25(24)28)33-19-9-3-1-4-10-19/h1-17,26,31-32H,18H2. The first-order valence-corrected chi connectivity index (χ1v) is 11.2. The van der Waals surface area contributed by atoms with E-state index in [1.807, 2.05) is 42.5 Å². The molecule has 0 saturated carbocycles. The van der Waals surface area contributed by atoms with Crippen molar-refractivity contribution < 1.29 is 24.5 Å². The molecule has 2 bridgehead atoms. The van der Waals surface area contributed by atoms with Gasteiger partial charge in [-0.2, -0.15) is 0 Å². The van der Waals surface area contributed by atoms with Crippen LogP contribution in [-0.4, -0.2) is 16.2 Å². The van der Waals surface area contributed by atoms with Crippen LogP contribution in [0.25, 0.3) is 0 Å². The van der Waals surface area contributed by atoms with E-state index >= 15 is 0 Å². The van der Waals surface area contributed by atoms with Gasteiger partial charge in [-0.25, -0.2) is 0 Å². The van der Waals surface area contributed by atoms with Crippen molar-refractivity contribution in [3.8, 4) is 17.2 Å². The Morgan fingerprint density at radius 3 is 1.97 bits per heavy atom. The molecule has 0 radical (unpaired) electrons. The minimum absolute atomic E-state index is 0.00598. The van der Waals surface area contributed by atoms with Gasteiger partial charge in [0.15, 0.2) is 0 Å². The molecule has 3 aliphatic rings. The lowest BCUT2D eigenvalue weighted by atomic mass is 9.54. The second-order valence-corrected chi connectivity index (χ2v) is 8.79. The van der Waals surface area contributed by atoms with Crippen LogP contribution in [0.5, 0.6) is 17.2 Å². The summed E-state index contributed by atoms with van der Waals surface area (Å²) in [4.78, 5) is 13.3. The average molecular weight is 450 g/mol. The Kier molecular flexibility index (Phi) is 4.59. The van der Waals surface area contributed by atoms with Crippen LogP contribution >= 0.6 is 0 Å². The normalized spacial score (nSPS) is 24.1. The molecule has 0 spiro atoms. The summed E-state index contributed by atoms with van der Waals surface area (Å²) in [6.07, 6.45) is -0.00598. The maximum Gasteiger partial charge on any atom is 0.318 e. The van der Waals surface area contributed by atoms with Gasteiger partial charge in [0.05, 0.1) is 5.92 Å². The van der Waals surface area contributed by atoms with Crippen LogP contribution in [0.4, 0.5) is 0 Å². The van der Waals surface area contributed by atoms with E-state index < -0.39 is 23.1 Å². The third-order valence-electron chi connectivity index (χ3n) is 6.86. The van der Waals surface area contributed by atoms with Crippen LogP contribution in [0.15, 0.2) is 103 Å². The largest absolute Gasteiger partial charge is 0.457 e. The van der Waals surface area contributed by atoms with Crippen molar-refractivity contribution in [3.63, 3.8) is 0 Å². The van der Waals surface area contributed by atoms with Gasteiger partial charge in [-0.1, -0.05) is 66.7 Å². The molecule has 7 rings (SSSR count). The van der Waals surface area contributed by atoms with Crippen molar-refractivity contribution in [1.29, 1.82) is 0 Å². The minimum atomic E-state index is -1.65. The highest BCUT2D eigenvalue weighted by molar-refractivity contribution is 5.81. The smallest absolute Gasteiger partial charge is 0.318 e. The lowest BCUT2D eigenvalue weighted by Gasteiger charge is -2.53. The van der Waals surface area contributed by atoms with Crippen molar-refractivity contribution in [1.82, 2.24) is 0 Å². The summed E-state index contributed by atoms with van der Waals surface area (Å²) in [5.41, 5.74) is -1.00. The summed E-state index contributed by atoms with van der Waals surface area (Å²) in [6.45, 7) is 0. The minimum Gasteiger partial charge on any atom is -0.457 e. The molecule has 34 heavy (non-hydrogen) atoms. The number of carbonyl (C=O) groups is 1. The van der Waals surface area contributed by atoms with Gasteiger partial charge >= 0.3 is 5.97 Å². The SMILES string of the molecule is O=C(Oc1ccccc1)C1CC2(O)c3ccccc3C1(O)c1ccc(Oc3ccccc3)cc12. The summed E-state index contributed by atoms with van der Waals surface area (Å²) >= 11 is 0. The lowest BCUT2D eigenvalue weighted by Crippen LogP contribution is -2.57. The number of esters is 1. The zero-order valence-electron chi connectivity index (χ0n) is 18.2. The van der Waals surface area contributed by atoms with E-state index in [1.165, 1.54) is 0 Å². The number of carbonyl (C=O) groups excluding carboxylic acids is 1. The van der Waals surface area contributed by atoms with Gasteiger partial charge < -0.3 is 19.7 Å². The topological polar surface area (TPSA) is 76.0 Å². The van der Waals surface area contributed by atoms with E-state index in [9.17, 15) is 15.0 Å². The van der Waals surface area contributed by atoms with Gasteiger partial charge in [-0.15, -0.1) is 0 Å². The van der Waals surface area contributed by atoms with Gasteiger partial charge in [-0.05, 0) is 58.7 Å². The maximum absolute atomic E-state index is 13.3. The van der Waals surface area contributed by atoms with Crippen LogP contribution in [-0.2, 0) is 16.0 Å². The van der Waals surface area contributed by atoms with Crippen LogP contribution in [0.1, 0.15) is 28.7 Å². The highest BCUT2D eigenvalue weighted by Gasteiger charge is 2.62. The molecule has 0 heterocycles. The average Bonchev–Trinajstić information content (AvgIpc) is 2.87. The first-order valence-electron chi connectivity index (χ1n) is 11.2. The second kappa shape index (κ2) is 7.55. The molecule has 0 aliphatic heterocycles. The van der Waals surface area contributed by atoms with Crippen LogP contribution in [0.2, 0.25) is 0 Å². The highest BCUT2D eigenvalue weighted by Crippen LogP contribution is 2.60. The summed E-state index contributed by atoms with van der Waals surface area (Å²) in [5, 5.41) is 24.2. The maximum atomic E-state index is 13.3. The van der Waals surface area contributed by atoms with Crippen LogP contribution < -0.4 is 9.47 Å². The molecular weight excluding hydrogens is 428 g/mol. The molecular formula is C29H22O5. The van der Waals surface area contributed by atoms with Crippen molar-refractivity contribution in [2.75, 3.05) is 0 Å². The van der Waals surface area contributed by atoms with Crippen molar-refractivity contribution in [3.05, 3.63) is 125 Å². The van der Waals surface area contributed by atoms with E-state index in [0.717, 1.165) is 0 Å². The molecule has 4 aromatic carbocycles. The molecule has 5 nitrogen and oxygen atoms in total. The molecule has 168 valence electrons. The first-order chi connectivity index (χ1) is 16.5. The second-order valence-electron chi connectivity index (χ2n) is 8.79. The van der Waals surface area contributed by atoms with E-state index in [1.54, 1.807) is 60.7 Å². The van der Waals surface area contributed by atoms with Gasteiger partial charge in [0.2, 0.25) is 0 Å². The van der Waals surface area contributed by atoms with Gasteiger partial charge in [0, 0.05) is 6.42 Å².